The molecule has 0 bridgehead atoms. The fraction of sp³-hybridized carbons (Fsp3) is 0.227. The van der Waals surface area contributed by atoms with E-state index < -0.39 is 0 Å². The molecule has 2 aromatic carbocycles. The largest absolute Gasteiger partial charge is 0.493 e. The number of halogens is 1. The molecule has 4 rings (SSSR count). The van der Waals surface area contributed by atoms with Gasteiger partial charge in [0.15, 0.2) is 11.5 Å². The second-order valence-corrected chi connectivity index (χ2v) is 7.02. The van der Waals surface area contributed by atoms with Crippen LogP contribution in [0.2, 0.25) is 5.02 Å². The van der Waals surface area contributed by atoms with Crippen LogP contribution in [-0.4, -0.2) is 31.0 Å². The van der Waals surface area contributed by atoms with Crippen LogP contribution in [0, 0.1) is 0 Å². The highest BCUT2D eigenvalue weighted by atomic mass is 35.5. The van der Waals surface area contributed by atoms with Crippen molar-refractivity contribution in [3.05, 3.63) is 81.7 Å². The van der Waals surface area contributed by atoms with Crippen LogP contribution in [0.25, 0.3) is 5.69 Å². The van der Waals surface area contributed by atoms with Gasteiger partial charge in [0.2, 0.25) is 0 Å². The SMILES string of the molecule is COc1cc(-n2ccc(COc3ccc(Cl)cc3)cc2=O)ccc1OCC1CO1. The number of rotatable bonds is 8. The summed E-state index contributed by atoms with van der Waals surface area (Å²) in [7, 11) is 1.57. The molecule has 0 aliphatic carbocycles. The van der Waals surface area contributed by atoms with Crippen molar-refractivity contribution in [2.75, 3.05) is 20.3 Å². The minimum atomic E-state index is -0.163. The molecule has 1 aromatic heterocycles. The van der Waals surface area contributed by atoms with E-state index in [9.17, 15) is 4.79 Å². The molecule has 7 heteroatoms. The zero-order valence-electron chi connectivity index (χ0n) is 15.8. The molecule has 150 valence electrons. The molecule has 1 aliphatic heterocycles. The zero-order valence-corrected chi connectivity index (χ0v) is 16.6. The van der Waals surface area contributed by atoms with Gasteiger partial charge in [0, 0.05) is 23.4 Å². The predicted octanol–water partition coefficient (Wildman–Crippen LogP) is 3.86. The lowest BCUT2D eigenvalue weighted by molar-refractivity contribution is 0.252. The van der Waals surface area contributed by atoms with E-state index in [2.05, 4.69) is 0 Å². The molecule has 1 unspecified atom stereocenters. The van der Waals surface area contributed by atoms with Gasteiger partial charge in [-0.2, -0.15) is 0 Å². The van der Waals surface area contributed by atoms with Crippen molar-refractivity contribution in [1.82, 2.24) is 4.57 Å². The highest BCUT2D eigenvalue weighted by Crippen LogP contribution is 2.30. The monoisotopic (exact) mass is 413 g/mol. The van der Waals surface area contributed by atoms with Crippen molar-refractivity contribution in [3.8, 4) is 22.9 Å². The molecule has 0 radical (unpaired) electrons. The summed E-state index contributed by atoms with van der Waals surface area (Å²) < 4.78 is 23.5. The maximum Gasteiger partial charge on any atom is 0.255 e. The number of aromatic nitrogens is 1. The van der Waals surface area contributed by atoms with Crippen LogP contribution in [0.1, 0.15) is 5.56 Å². The Morgan fingerprint density at radius 1 is 1.07 bits per heavy atom. The lowest BCUT2D eigenvalue weighted by atomic mass is 10.2. The van der Waals surface area contributed by atoms with Gasteiger partial charge in [-0.1, -0.05) is 11.6 Å². The molecule has 2 heterocycles. The highest BCUT2D eigenvalue weighted by Gasteiger charge is 2.23. The molecule has 6 nitrogen and oxygen atoms in total. The predicted molar refractivity (Wildman–Crippen MR) is 110 cm³/mol. The maximum atomic E-state index is 12.6. The van der Waals surface area contributed by atoms with E-state index in [0.29, 0.717) is 34.6 Å². The molecule has 0 spiro atoms. The van der Waals surface area contributed by atoms with E-state index in [4.69, 9.17) is 30.5 Å². The smallest absolute Gasteiger partial charge is 0.255 e. The highest BCUT2D eigenvalue weighted by molar-refractivity contribution is 6.30. The topological polar surface area (TPSA) is 62.2 Å². The second-order valence-electron chi connectivity index (χ2n) is 6.59. The molecule has 29 heavy (non-hydrogen) atoms. The molecule has 1 atom stereocenters. The van der Waals surface area contributed by atoms with Gasteiger partial charge in [0.1, 0.15) is 25.1 Å². The average Bonchev–Trinajstić information content (AvgIpc) is 3.56. The zero-order chi connectivity index (χ0) is 20.2. The van der Waals surface area contributed by atoms with Gasteiger partial charge in [-0.25, -0.2) is 0 Å². The number of ether oxygens (including phenoxy) is 4. The van der Waals surface area contributed by atoms with Crippen molar-refractivity contribution in [2.24, 2.45) is 0 Å². The molecule has 1 saturated heterocycles. The van der Waals surface area contributed by atoms with Crippen LogP contribution >= 0.6 is 11.6 Å². The van der Waals surface area contributed by atoms with Gasteiger partial charge in [0.25, 0.3) is 5.56 Å². The lowest BCUT2D eigenvalue weighted by Crippen LogP contribution is -2.18. The van der Waals surface area contributed by atoms with Gasteiger partial charge in [-0.05, 0) is 48.0 Å². The van der Waals surface area contributed by atoms with E-state index in [1.54, 1.807) is 60.3 Å². The van der Waals surface area contributed by atoms with Crippen LogP contribution in [0.3, 0.4) is 0 Å². The number of benzene rings is 2. The third-order valence-electron chi connectivity index (χ3n) is 4.46. The third kappa shape index (κ3) is 4.91. The first kappa shape index (κ1) is 19.4. The number of nitrogens with zero attached hydrogens (tertiary/aromatic N) is 1. The van der Waals surface area contributed by atoms with E-state index >= 15 is 0 Å². The van der Waals surface area contributed by atoms with Crippen LogP contribution < -0.4 is 19.8 Å². The Bertz CT molecular complexity index is 1040. The number of methoxy groups -OCH3 is 1. The normalized spacial score (nSPS) is 15.0. The lowest BCUT2D eigenvalue weighted by Gasteiger charge is -2.13. The van der Waals surface area contributed by atoms with Crippen molar-refractivity contribution in [2.45, 2.75) is 12.7 Å². The number of epoxide rings is 1. The summed E-state index contributed by atoms with van der Waals surface area (Å²) in [6.45, 7) is 1.50. The summed E-state index contributed by atoms with van der Waals surface area (Å²) in [5.74, 6) is 1.87. The number of pyridine rings is 1. The standard InChI is InChI=1S/C22H20ClNO5/c1-26-21-11-17(4-7-20(21)29-14-19-13-28-19)24-9-8-15(10-22(24)25)12-27-18-5-2-16(23)3-6-18/h2-11,19H,12-14H2,1H3. The molecule has 1 aliphatic rings. The summed E-state index contributed by atoms with van der Waals surface area (Å²) in [5, 5.41) is 0.646. The Kier molecular flexibility index (Phi) is 5.74. The van der Waals surface area contributed by atoms with Crippen LogP contribution in [0.4, 0.5) is 0 Å². The summed E-state index contributed by atoms with van der Waals surface area (Å²) in [5.41, 5.74) is 1.30. The Morgan fingerprint density at radius 3 is 2.55 bits per heavy atom. The number of hydrogen-bond acceptors (Lipinski definition) is 5. The molecule has 1 fully saturated rings. The summed E-state index contributed by atoms with van der Waals surface area (Å²) in [6, 6.07) is 15.9. The molecule has 0 saturated carbocycles. The maximum absolute atomic E-state index is 12.6. The van der Waals surface area contributed by atoms with E-state index in [1.807, 2.05) is 12.1 Å². The van der Waals surface area contributed by atoms with E-state index in [-0.39, 0.29) is 18.3 Å². The minimum absolute atomic E-state index is 0.157. The summed E-state index contributed by atoms with van der Waals surface area (Å²) >= 11 is 5.87. The quantitative estimate of drug-likeness (QED) is 0.525. The molecule has 0 N–H and O–H groups in total. The Hall–Kier alpha value is -2.96. The van der Waals surface area contributed by atoms with Gasteiger partial charge in [-0.15, -0.1) is 0 Å². The second kappa shape index (κ2) is 8.59. The molecule has 3 aromatic rings. The van der Waals surface area contributed by atoms with Crippen molar-refractivity contribution in [1.29, 1.82) is 0 Å². The first-order valence-corrected chi connectivity index (χ1v) is 9.53. The van der Waals surface area contributed by atoms with Gasteiger partial charge in [0.05, 0.1) is 19.4 Å². The Morgan fingerprint density at radius 2 is 1.86 bits per heavy atom. The van der Waals surface area contributed by atoms with Crippen LogP contribution in [-0.2, 0) is 11.3 Å². The number of hydrogen-bond donors (Lipinski definition) is 0. The minimum Gasteiger partial charge on any atom is -0.493 e. The molecular weight excluding hydrogens is 394 g/mol. The fourth-order valence-corrected chi connectivity index (χ4v) is 2.92. The van der Waals surface area contributed by atoms with Crippen LogP contribution in [0.15, 0.2) is 65.6 Å². The third-order valence-corrected chi connectivity index (χ3v) is 4.71. The van der Waals surface area contributed by atoms with Gasteiger partial charge in [-0.3, -0.25) is 9.36 Å². The van der Waals surface area contributed by atoms with Crippen molar-refractivity contribution in [3.63, 3.8) is 0 Å². The van der Waals surface area contributed by atoms with Crippen molar-refractivity contribution < 1.29 is 18.9 Å². The molecular formula is C22H20ClNO5. The summed E-state index contributed by atoms with van der Waals surface area (Å²) in [6.07, 6.45) is 1.88. The van der Waals surface area contributed by atoms with Gasteiger partial charge < -0.3 is 18.9 Å². The van der Waals surface area contributed by atoms with E-state index in [0.717, 1.165) is 12.2 Å². The summed E-state index contributed by atoms with van der Waals surface area (Å²) in [4.78, 5) is 12.6. The first-order chi connectivity index (χ1) is 14.1. The average molecular weight is 414 g/mol. The van der Waals surface area contributed by atoms with Gasteiger partial charge >= 0.3 is 0 Å². The molecule has 0 amide bonds. The van der Waals surface area contributed by atoms with E-state index in [1.165, 1.54) is 0 Å². The fourth-order valence-electron chi connectivity index (χ4n) is 2.79. The Balaban J connectivity index is 1.48. The Labute approximate surface area is 173 Å². The first-order valence-electron chi connectivity index (χ1n) is 9.15. The van der Waals surface area contributed by atoms with Crippen molar-refractivity contribution >= 4 is 11.6 Å². The van der Waals surface area contributed by atoms with Crippen LogP contribution in [0.5, 0.6) is 17.2 Å².